The van der Waals surface area contributed by atoms with Gasteiger partial charge in [-0.25, -0.2) is 4.99 Å². The van der Waals surface area contributed by atoms with Crippen LogP contribution in [0.2, 0.25) is 5.02 Å². The third-order valence-electron chi connectivity index (χ3n) is 7.45. The van der Waals surface area contributed by atoms with Gasteiger partial charge in [0.15, 0.2) is 4.80 Å². The molecule has 0 bridgehead atoms. The molecule has 238 valence electrons. The number of amides is 1. The fourth-order valence-electron chi connectivity index (χ4n) is 5.28. The van der Waals surface area contributed by atoms with Gasteiger partial charge in [0.25, 0.3) is 11.5 Å². The van der Waals surface area contributed by atoms with Crippen LogP contribution in [-0.2, 0) is 11.4 Å². The molecule has 0 radical (unpaired) electrons. The molecule has 6 rings (SSSR count). The first-order valence-electron chi connectivity index (χ1n) is 14.7. The van der Waals surface area contributed by atoms with Gasteiger partial charge < -0.3 is 14.8 Å². The lowest BCUT2D eigenvalue weighted by molar-refractivity contribution is -0.113. The molecule has 0 fully saturated rings. The Bertz CT molecular complexity index is 2160. The SMILES string of the molecule is CCOc1ccc([C@H]2C(C(=O)Nc3ccccc3)=C(C)N=c3s/c(=C\c4cc(Br)c(OCc5ccccc5Cl)c(Br)c4)c(=O)n32)cc1. The molecule has 1 atom stereocenters. The lowest BCUT2D eigenvalue weighted by Gasteiger charge is -2.25. The van der Waals surface area contributed by atoms with Crippen LogP contribution in [0.4, 0.5) is 5.69 Å². The minimum atomic E-state index is -0.702. The second kappa shape index (κ2) is 14.4. The highest BCUT2D eigenvalue weighted by Crippen LogP contribution is 2.36. The van der Waals surface area contributed by atoms with Crippen LogP contribution in [-0.4, -0.2) is 17.1 Å². The Labute approximate surface area is 297 Å². The Morgan fingerprint density at radius 2 is 1.68 bits per heavy atom. The van der Waals surface area contributed by atoms with Crippen LogP contribution in [0.3, 0.4) is 0 Å². The fraction of sp³-hybridized carbons (Fsp3) is 0.139. The van der Waals surface area contributed by atoms with Gasteiger partial charge >= 0.3 is 0 Å². The highest BCUT2D eigenvalue weighted by Gasteiger charge is 2.32. The van der Waals surface area contributed by atoms with Crippen LogP contribution in [0.1, 0.15) is 36.6 Å². The zero-order valence-corrected chi connectivity index (χ0v) is 30.0. The van der Waals surface area contributed by atoms with E-state index in [4.69, 9.17) is 26.1 Å². The van der Waals surface area contributed by atoms with Crippen LogP contribution in [0.15, 0.2) is 121 Å². The first-order chi connectivity index (χ1) is 22.7. The molecule has 0 unspecified atom stereocenters. The number of rotatable bonds is 9. The molecule has 0 aliphatic carbocycles. The van der Waals surface area contributed by atoms with Crippen molar-refractivity contribution < 1.29 is 14.3 Å². The van der Waals surface area contributed by atoms with Crippen LogP contribution in [0.25, 0.3) is 6.08 Å². The molecule has 7 nitrogen and oxygen atoms in total. The summed E-state index contributed by atoms with van der Waals surface area (Å²) in [4.78, 5) is 33.2. The summed E-state index contributed by atoms with van der Waals surface area (Å²) in [6, 6.07) is 27.3. The van der Waals surface area contributed by atoms with Crippen molar-refractivity contribution in [2.24, 2.45) is 4.99 Å². The monoisotopic (exact) mass is 791 g/mol. The van der Waals surface area contributed by atoms with Crippen molar-refractivity contribution in [1.82, 2.24) is 4.57 Å². The first-order valence-corrected chi connectivity index (χ1v) is 17.5. The number of allylic oxidation sites excluding steroid dienone is 1. The van der Waals surface area contributed by atoms with Crippen molar-refractivity contribution in [3.63, 3.8) is 0 Å². The number of fused-ring (bicyclic) bond motifs is 1. The standard InChI is InChI=1S/C36H28Br2ClN3O4S/c1-3-45-26-15-13-23(14-16-26)32-31(34(43)41-25-10-5-4-6-11-25)21(2)40-36-42(32)35(44)30(47-36)19-22-17-27(37)33(28(38)18-22)46-20-24-9-7-8-12-29(24)39/h4-19,32H,3,20H2,1-2H3,(H,41,43)/b30-19-/t32-/m0/s1. The van der Waals surface area contributed by atoms with E-state index in [-0.39, 0.29) is 11.5 Å². The largest absolute Gasteiger partial charge is 0.494 e. The molecule has 4 aromatic carbocycles. The smallest absolute Gasteiger partial charge is 0.271 e. The average Bonchev–Trinajstić information content (AvgIpc) is 3.35. The average molecular weight is 794 g/mol. The maximum Gasteiger partial charge on any atom is 0.271 e. The van der Waals surface area contributed by atoms with Gasteiger partial charge in [-0.15, -0.1) is 0 Å². The summed E-state index contributed by atoms with van der Waals surface area (Å²) < 4.78 is 15.2. The third-order valence-corrected chi connectivity index (χ3v) is 9.98. The number of nitrogens with zero attached hydrogens (tertiary/aromatic N) is 2. The lowest BCUT2D eigenvalue weighted by Crippen LogP contribution is -2.40. The van der Waals surface area contributed by atoms with E-state index in [1.54, 1.807) is 11.5 Å². The summed E-state index contributed by atoms with van der Waals surface area (Å²) in [6.07, 6.45) is 1.81. The zero-order valence-electron chi connectivity index (χ0n) is 25.3. The topological polar surface area (TPSA) is 81.9 Å². The van der Waals surface area contributed by atoms with Crippen molar-refractivity contribution in [3.8, 4) is 11.5 Å². The van der Waals surface area contributed by atoms with E-state index in [0.717, 1.165) is 16.7 Å². The predicted molar refractivity (Wildman–Crippen MR) is 194 cm³/mol. The van der Waals surface area contributed by atoms with Gasteiger partial charge in [0.1, 0.15) is 18.1 Å². The molecule has 2 heterocycles. The Hall–Kier alpha value is -3.96. The molecular formula is C36H28Br2ClN3O4S. The minimum Gasteiger partial charge on any atom is -0.494 e. The molecule has 1 aliphatic rings. The molecule has 11 heteroatoms. The molecule has 47 heavy (non-hydrogen) atoms. The number of ether oxygens (including phenoxy) is 2. The predicted octanol–water partition coefficient (Wildman–Crippen LogP) is 8.03. The molecule has 1 amide bonds. The van der Waals surface area contributed by atoms with Crippen molar-refractivity contribution >= 4 is 72.5 Å². The minimum absolute atomic E-state index is 0.253. The Morgan fingerprint density at radius 3 is 2.36 bits per heavy atom. The molecular weight excluding hydrogens is 766 g/mol. The van der Waals surface area contributed by atoms with Gasteiger partial charge in [0.05, 0.1) is 37.4 Å². The number of carbonyl (C=O) groups is 1. The lowest BCUT2D eigenvalue weighted by atomic mass is 9.95. The number of para-hydroxylation sites is 1. The maximum atomic E-state index is 14.2. The second-order valence-electron chi connectivity index (χ2n) is 10.6. The molecule has 5 aromatic rings. The van der Waals surface area contributed by atoms with Gasteiger partial charge in [-0.2, -0.15) is 0 Å². The van der Waals surface area contributed by atoms with E-state index in [1.807, 2.05) is 104 Å². The Kier molecular flexibility index (Phi) is 10.1. The van der Waals surface area contributed by atoms with E-state index in [0.29, 0.717) is 65.0 Å². The molecule has 0 saturated carbocycles. The second-order valence-corrected chi connectivity index (χ2v) is 13.7. The number of halogens is 3. The molecule has 1 aromatic heterocycles. The summed E-state index contributed by atoms with van der Waals surface area (Å²) in [6.45, 7) is 4.54. The van der Waals surface area contributed by atoms with Crippen LogP contribution in [0.5, 0.6) is 11.5 Å². The molecule has 0 saturated heterocycles. The number of benzene rings is 4. The first kappa shape index (κ1) is 33.0. The number of aromatic nitrogens is 1. The van der Waals surface area contributed by atoms with Crippen LogP contribution < -0.4 is 29.7 Å². The summed E-state index contributed by atoms with van der Waals surface area (Å²) in [5.74, 6) is 0.990. The van der Waals surface area contributed by atoms with E-state index in [2.05, 4.69) is 37.2 Å². The maximum absolute atomic E-state index is 14.2. The van der Waals surface area contributed by atoms with Crippen LogP contribution >= 0.6 is 54.8 Å². The quantitative estimate of drug-likeness (QED) is 0.164. The zero-order chi connectivity index (χ0) is 33.1. The highest BCUT2D eigenvalue weighted by atomic mass is 79.9. The van der Waals surface area contributed by atoms with Gasteiger partial charge in [-0.05, 0) is 105 Å². The van der Waals surface area contributed by atoms with Gasteiger partial charge in [-0.1, -0.05) is 71.5 Å². The molecule has 0 spiro atoms. The number of hydrogen-bond acceptors (Lipinski definition) is 6. The molecule has 1 N–H and O–H groups in total. The summed E-state index contributed by atoms with van der Waals surface area (Å²) in [7, 11) is 0. The Balaban J connectivity index is 1.39. The summed E-state index contributed by atoms with van der Waals surface area (Å²) in [5.41, 5.74) is 3.73. The van der Waals surface area contributed by atoms with E-state index in [1.165, 1.54) is 11.3 Å². The summed E-state index contributed by atoms with van der Waals surface area (Å²) >= 11 is 14.8. The van der Waals surface area contributed by atoms with Crippen molar-refractivity contribution in [2.45, 2.75) is 26.5 Å². The van der Waals surface area contributed by atoms with E-state index < -0.39 is 6.04 Å². The summed E-state index contributed by atoms with van der Waals surface area (Å²) in [5, 5.41) is 3.61. The highest BCUT2D eigenvalue weighted by molar-refractivity contribution is 9.11. The Morgan fingerprint density at radius 1 is 1.00 bits per heavy atom. The van der Waals surface area contributed by atoms with Crippen molar-refractivity contribution in [3.05, 3.63) is 153 Å². The molecule has 1 aliphatic heterocycles. The van der Waals surface area contributed by atoms with Gasteiger partial charge in [0.2, 0.25) is 0 Å². The number of nitrogens with one attached hydrogen (secondary N) is 1. The number of anilines is 1. The number of thiazole rings is 1. The van der Waals surface area contributed by atoms with Crippen molar-refractivity contribution in [2.75, 3.05) is 11.9 Å². The van der Waals surface area contributed by atoms with Gasteiger partial charge in [-0.3, -0.25) is 14.2 Å². The normalized spacial score (nSPS) is 14.4. The fourth-order valence-corrected chi connectivity index (χ4v) is 7.97. The van der Waals surface area contributed by atoms with E-state index >= 15 is 0 Å². The third kappa shape index (κ3) is 7.16. The van der Waals surface area contributed by atoms with Gasteiger partial charge in [0, 0.05) is 16.3 Å². The number of carbonyl (C=O) groups excluding carboxylic acids is 1. The number of hydrogen-bond donors (Lipinski definition) is 1. The van der Waals surface area contributed by atoms with Crippen LogP contribution in [0, 0.1) is 0 Å². The van der Waals surface area contributed by atoms with E-state index in [9.17, 15) is 9.59 Å². The van der Waals surface area contributed by atoms with Crippen molar-refractivity contribution in [1.29, 1.82) is 0 Å².